The number of amides is 6. The first-order valence-electron chi connectivity index (χ1n) is 25.4. The summed E-state index contributed by atoms with van der Waals surface area (Å²) in [7, 11) is 3.40. The molecule has 4 aliphatic heterocycles. The minimum absolute atomic E-state index is 0.0469. The summed E-state index contributed by atoms with van der Waals surface area (Å²) in [6.07, 6.45) is 2.72. The summed E-state index contributed by atoms with van der Waals surface area (Å²) in [5.74, 6) is -2.74. The molecule has 3 N–H and O–H groups in total. The molecule has 0 radical (unpaired) electrons. The summed E-state index contributed by atoms with van der Waals surface area (Å²) in [4.78, 5) is 103. The zero-order chi connectivity index (χ0) is 51.8. The number of halogens is 3. The number of benzene rings is 3. The molecule has 4 aromatic rings. The van der Waals surface area contributed by atoms with Gasteiger partial charge in [0.2, 0.25) is 17.4 Å². The second-order valence-corrected chi connectivity index (χ2v) is 19.6. The quantitative estimate of drug-likeness (QED) is 0.0740. The maximum absolute atomic E-state index is 13.9. The number of nitrogens with zero attached hydrogens (tertiary/aromatic N) is 6. The highest BCUT2D eigenvalue weighted by molar-refractivity contribution is 6.24. The van der Waals surface area contributed by atoms with Crippen molar-refractivity contribution in [2.45, 2.75) is 83.0 Å². The van der Waals surface area contributed by atoms with E-state index in [-0.39, 0.29) is 24.7 Å². The van der Waals surface area contributed by atoms with E-state index in [1.54, 1.807) is 18.2 Å². The van der Waals surface area contributed by atoms with E-state index in [1.165, 1.54) is 7.05 Å². The predicted molar refractivity (Wildman–Crippen MR) is 270 cm³/mol. The van der Waals surface area contributed by atoms with Crippen LogP contribution < -0.4 is 21.1 Å². The molecule has 5 heterocycles. The van der Waals surface area contributed by atoms with Crippen LogP contribution in [0.1, 0.15) is 106 Å². The molecule has 388 valence electrons. The van der Waals surface area contributed by atoms with Gasteiger partial charge in [0, 0.05) is 104 Å². The summed E-state index contributed by atoms with van der Waals surface area (Å²) in [6, 6.07) is 18.4. The molecule has 1 unspecified atom stereocenters. The maximum atomic E-state index is 13.9. The molecule has 3 saturated heterocycles. The zero-order valence-corrected chi connectivity index (χ0v) is 41.5. The van der Waals surface area contributed by atoms with Gasteiger partial charge in [0.15, 0.2) is 0 Å². The molecule has 3 aromatic carbocycles. The first-order valence-corrected chi connectivity index (χ1v) is 25.4. The number of rotatable bonds is 19. The number of unbranched alkanes of at least 4 members (excludes halogenated alkanes) is 5. The first kappa shape index (κ1) is 52.6. The number of carbonyl (C=O) groups excluding carboxylic acids is 6. The van der Waals surface area contributed by atoms with Gasteiger partial charge in [-0.25, -0.2) is 0 Å². The van der Waals surface area contributed by atoms with Crippen molar-refractivity contribution in [3.05, 3.63) is 117 Å². The molecule has 0 spiro atoms. The van der Waals surface area contributed by atoms with Crippen molar-refractivity contribution < 1.29 is 41.9 Å². The molecule has 16 nitrogen and oxygen atoms in total. The molecule has 0 saturated carbocycles. The number of nitrogens with one attached hydrogen (secondary N) is 3. The van der Waals surface area contributed by atoms with Crippen molar-refractivity contribution >= 4 is 46.8 Å². The highest BCUT2D eigenvalue weighted by Gasteiger charge is 2.47. The van der Waals surface area contributed by atoms with Crippen molar-refractivity contribution in [3.8, 4) is 11.1 Å². The molecule has 8 rings (SSSR count). The molecular weight excluding hydrogens is 944 g/mol. The number of alkyl halides is 3. The van der Waals surface area contributed by atoms with Gasteiger partial charge in [-0.05, 0) is 79.3 Å². The van der Waals surface area contributed by atoms with Crippen LogP contribution in [0.5, 0.6) is 0 Å². The highest BCUT2D eigenvalue weighted by atomic mass is 19.4. The lowest BCUT2D eigenvalue weighted by Gasteiger charge is -2.35. The standard InChI is InChI=1S/C54H64F3N9O7/c1-61-23-29-65(30-24-61)44-18-17-39(32-43(44)60-50(70)41-34-59-47(68)33-42(41)54(55,56)57)38-14-9-11-36(31-38)35-64-27-25-63(26-28-64)22-21-58-46(67)16-8-6-4-3-5-7-12-37-13-10-15-40-49(37)53(73)66(51(40)71)45-19-20-48(69)62(2)52(45)72/h9-11,13-15,17-18,31-34,45H,3-8,12,16,19-30,35H2,1-2H3,(H,58,67)(H,59,68)(H,60,70). The van der Waals surface area contributed by atoms with Gasteiger partial charge >= 0.3 is 6.18 Å². The second-order valence-electron chi connectivity index (χ2n) is 19.6. The van der Waals surface area contributed by atoms with Crippen LogP contribution in [0.2, 0.25) is 0 Å². The van der Waals surface area contributed by atoms with Crippen LogP contribution in [-0.4, -0.2) is 151 Å². The number of fused-ring (bicyclic) bond motifs is 1. The average Bonchev–Trinajstić information content (AvgIpc) is 3.63. The largest absolute Gasteiger partial charge is 0.417 e. The maximum Gasteiger partial charge on any atom is 0.417 e. The zero-order valence-electron chi connectivity index (χ0n) is 41.5. The van der Waals surface area contributed by atoms with Gasteiger partial charge < -0.3 is 25.4 Å². The minimum atomic E-state index is -4.90. The van der Waals surface area contributed by atoms with Crippen molar-refractivity contribution in [2.75, 3.05) is 89.8 Å². The Labute approximate surface area is 422 Å². The fraction of sp³-hybridized carbons (Fsp3) is 0.463. The van der Waals surface area contributed by atoms with E-state index in [9.17, 15) is 46.7 Å². The van der Waals surface area contributed by atoms with Crippen LogP contribution in [0.25, 0.3) is 11.1 Å². The average molecular weight is 1010 g/mol. The number of aryl methyl sites for hydroxylation is 1. The van der Waals surface area contributed by atoms with Crippen LogP contribution >= 0.6 is 0 Å². The number of carbonyl (C=O) groups is 6. The third-order valence-corrected chi connectivity index (χ3v) is 14.5. The van der Waals surface area contributed by atoms with Crippen molar-refractivity contribution in [1.82, 2.24) is 34.8 Å². The van der Waals surface area contributed by atoms with Gasteiger partial charge in [0.1, 0.15) is 6.04 Å². The van der Waals surface area contributed by atoms with Crippen molar-refractivity contribution in [2.24, 2.45) is 0 Å². The summed E-state index contributed by atoms with van der Waals surface area (Å²) < 4.78 is 41.8. The number of H-pyrrole nitrogens is 1. The molecule has 6 amide bonds. The third kappa shape index (κ3) is 12.7. The molecule has 3 fully saturated rings. The SMILES string of the molecule is CN1CCN(c2ccc(-c3cccc(CN4CCN(CCNC(=O)CCCCCCCCc5cccc6c5C(=O)N(C5CCC(=O)N(C)C5=O)C6=O)CC4)c3)cc2NC(=O)c2c[nH]c(=O)cc2C(F)(F)F)CC1. The normalized spacial score (nSPS) is 18.2. The Bertz CT molecular complexity index is 2770. The predicted octanol–water partition coefficient (Wildman–Crippen LogP) is 6.02. The molecule has 1 atom stereocenters. The molecule has 4 aliphatic rings. The Morgan fingerprint density at radius 2 is 1.45 bits per heavy atom. The van der Waals surface area contributed by atoms with Gasteiger partial charge in [-0.1, -0.05) is 62.1 Å². The minimum Gasteiger partial charge on any atom is -0.367 e. The van der Waals surface area contributed by atoms with Crippen LogP contribution in [0.15, 0.2) is 77.7 Å². The van der Waals surface area contributed by atoms with E-state index < -0.39 is 52.5 Å². The van der Waals surface area contributed by atoms with Gasteiger partial charge in [-0.15, -0.1) is 0 Å². The van der Waals surface area contributed by atoms with Crippen LogP contribution in [0.3, 0.4) is 0 Å². The lowest BCUT2D eigenvalue weighted by molar-refractivity contribution is -0.149. The van der Waals surface area contributed by atoms with E-state index in [2.05, 4.69) is 47.3 Å². The number of likely N-dealkylation sites (tertiary alicyclic amines) is 1. The summed E-state index contributed by atoms with van der Waals surface area (Å²) in [5.41, 5.74) is 2.39. The van der Waals surface area contributed by atoms with Crippen molar-refractivity contribution in [1.29, 1.82) is 0 Å². The van der Waals surface area contributed by atoms with Gasteiger partial charge in [0.25, 0.3) is 23.6 Å². The number of aromatic nitrogens is 1. The van der Waals surface area contributed by atoms with Gasteiger partial charge in [-0.3, -0.25) is 53.2 Å². The van der Waals surface area contributed by atoms with Crippen LogP contribution in [0, 0.1) is 0 Å². The number of piperazine rings is 2. The Kier molecular flexibility index (Phi) is 16.9. The lowest BCUT2D eigenvalue weighted by Crippen LogP contribution is -2.54. The number of anilines is 2. The number of imide groups is 2. The molecule has 0 bridgehead atoms. The van der Waals surface area contributed by atoms with E-state index in [0.717, 1.165) is 129 Å². The molecular formula is C54H64F3N9O7. The van der Waals surface area contributed by atoms with Crippen LogP contribution in [0.4, 0.5) is 24.5 Å². The van der Waals surface area contributed by atoms with E-state index in [4.69, 9.17) is 0 Å². The lowest BCUT2D eigenvalue weighted by atomic mass is 9.97. The molecule has 73 heavy (non-hydrogen) atoms. The number of piperidine rings is 1. The fourth-order valence-electron chi connectivity index (χ4n) is 10.3. The summed E-state index contributed by atoms with van der Waals surface area (Å²) in [5, 5.41) is 5.82. The van der Waals surface area contributed by atoms with Crippen LogP contribution in [-0.2, 0) is 33.5 Å². The highest BCUT2D eigenvalue weighted by Crippen LogP contribution is 2.36. The molecule has 1 aromatic heterocycles. The fourth-order valence-corrected chi connectivity index (χ4v) is 10.3. The summed E-state index contributed by atoms with van der Waals surface area (Å²) in [6.45, 7) is 8.40. The molecule has 19 heteroatoms. The topological polar surface area (TPSA) is 179 Å². The second kappa shape index (κ2) is 23.4. The van der Waals surface area contributed by atoms with Gasteiger partial charge in [-0.2, -0.15) is 13.2 Å². The Hall–Kier alpha value is -6.70. The summed E-state index contributed by atoms with van der Waals surface area (Å²) >= 11 is 0. The van der Waals surface area contributed by atoms with E-state index in [0.29, 0.717) is 61.0 Å². The number of aromatic amines is 1. The molecule has 0 aliphatic carbocycles. The Morgan fingerprint density at radius 1 is 0.753 bits per heavy atom. The van der Waals surface area contributed by atoms with Crippen molar-refractivity contribution in [3.63, 3.8) is 0 Å². The Balaban J connectivity index is 0.737. The number of hydrogen-bond acceptors (Lipinski definition) is 11. The van der Waals surface area contributed by atoms with Gasteiger partial charge in [0.05, 0.1) is 33.6 Å². The monoisotopic (exact) mass is 1010 g/mol. The number of likely N-dealkylation sites (N-methyl/N-ethyl adjacent to an activating group) is 2. The first-order chi connectivity index (χ1) is 35.0. The smallest absolute Gasteiger partial charge is 0.367 e. The number of hydrogen-bond donors (Lipinski definition) is 3. The third-order valence-electron chi connectivity index (χ3n) is 14.5. The Morgan fingerprint density at radius 3 is 2.21 bits per heavy atom. The van der Waals surface area contributed by atoms with E-state index in [1.807, 2.05) is 37.4 Å². The van der Waals surface area contributed by atoms with E-state index >= 15 is 0 Å². The number of pyridine rings is 1.